The number of piperazine rings is 1. The van der Waals surface area contributed by atoms with Crippen LogP contribution in [0.25, 0.3) is 0 Å². The van der Waals surface area contributed by atoms with Gasteiger partial charge in [-0.3, -0.25) is 20.4 Å². The summed E-state index contributed by atoms with van der Waals surface area (Å²) in [5.74, 6) is 1.42. The van der Waals surface area contributed by atoms with Crippen LogP contribution in [0.4, 0.5) is 11.5 Å². The van der Waals surface area contributed by atoms with Crippen LogP contribution in [0, 0.1) is 16.7 Å². The van der Waals surface area contributed by atoms with Gasteiger partial charge in [-0.2, -0.15) is 0 Å². The number of carbonyl (C=O) groups excluding carboxylic acids is 2. The van der Waals surface area contributed by atoms with E-state index in [4.69, 9.17) is 10.8 Å². The lowest BCUT2D eigenvalue weighted by Crippen LogP contribution is -2.50. The molecule has 1 saturated heterocycles. The Hall–Kier alpha value is -3.49. The van der Waals surface area contributed by atoms with Gasteiger partial charge in [0, 0.05) is 37.8 Å². The molecule has 1 aromatic carbocycles. The van der Waals surface area contributed by atoms with Crippen molar-refractivity contribution in [3.05, 3.63) is 46.9 Å². The van der Waals surface area contributed by atoms with Crippen LogP contribution in [0.5, 0.6) is 0 Å². The van der Waals surface area contributed by atoms with Crippen molar-refractivity contribution in [2.24, 2.45) is 5.92 Å². The van der Waals surface area contributed by atoms with Crippen molar-refractivity contribution in [2.45, 2.75) is 25.7 Å². The fraction of sp³-hybridized carbons (Fsp3) is 0.409. The van der Waals surface area contributed by atoms with E-state index in [1.807, 2.05) is 29.2 Å². The van der Waals surface area contributed by atoms with Gasteiger partial charge in [0.2, 0.25) is 11.8 Å². The number of aromatic nitrogens is 2. The molecular weight excluding hydrogens is 394 g/mol. The highest BCUT2D eigenvalue weighted by atomic mass is 16.2. The Morgan fingerprint density at radius 2 is 1.90 bits per heavy atom. The van der Waals surface area contributed by atoms with Crippen LogP contribution in [0.1, 0.15) is 24.0 Å². The topological polar surface area (TPSA) is 118 Å². The predicted octanol–water partition coefficient (Wildman–Crippen LogP) is 0.984. The number of rotatable bonds is 4. The molecule has 0 radical (unpaired) electrons. The Labute approximate surface area is 179 Å². The van der Waals surface area contributed by atoms with Gasteiger partial charge in [0.05, 0.1) is 12.8 Å². The summed E-state index contributed by atoms with van der Waals surface area (Å²) in [6.45, 7) is 2.52. The minimum Gasteiger partial charge on any atom is -0.352 e. The second kappa shape index (κ2) is 7.64. The number of nitrogens with one attached hydrogen (secondary N) is 3. The minimum absolute atomic E-state index is 0.00440. The van der Waals surface area contributed by atoms with Crippen LogP contribution in [-0.4, -0.2) is 58.5 Å². The molecule has 2 aromatic rings. The smallest absolute Gasteiger partial charge is 0.228 e. The minimum atomic E-state index is -0.00440. The molecule has 1 saturated carbocycles. The number of fused-ring (bicyclic) bond motifs is 1. The zero-order chi connectivity index (χ0) is 21.5. The van der Waals surface area contributed by atoms with Gasteiger partial charge in [-0.15, -0.1) is 5.10 Å². The zero-order valence-corrected chi connectivity index (χ0v) is 17.2. The highest BCUT2D eigenvalue weighted by molar-refractivity contribution is 5.99. The SMILES string of the molecule is N=C(C1CC1)n1nc(N2CCN(C(=O)Cc3ccc4c(c3)NC(=O)C4)CC2)ccc1=N. The molecule has 9 nitrogen and oxygen atoms in total. The van der Waals surface area contributed by atoms with Crippen LogP contribution in [0.15, 0.2) is 30.3 Å². The summed E-state index contributed by atoms with van der Waals surface area (Å²) in [6, 6.07) is 9.24. The van der Waals surface area contributed by atoms with Crippen molar-refractivity contribution in [1.82, 2.24) is 14.7 Å². The maximum Gasteiger partial charge on any atom is 0.228 e. The van der Waals surface area contributed by atoms with Crippen LogP contribution >= 0.6 is 0 Å². The molecule has 3 N–H and O–H groups in total. The fourth-order valence-corrected chi connectivity index (χ4v) is 4.14. The van der Waals surface area contributed by atoms with Gasteiger partial charge in [-0.25, -0.2) is 4.68 Å². The molecule has 2 fully saturated rings. The number of hydrogen-bond acceptors (Lipinski definition) is 6. The molecule has 0 unspecified atom stereocenters. The Balaban J connectivity index is 1.21. The molecule has 0 spiro atoms. The number of amides is 2. The largest absolute Gasteiger partial charge is 0.352 e. The van der Waals surface area contributed by atoms with E-state index >= 15 is 0 Å². The number of benzene rings is 1. The third-order valence-electron chi connectivity index (χ3n) is 6.12. The molecule has 1 aromatic heterocycles. The summed E-state index contributed by atoms with van der Waals surface area (Å²) < 4.78 is 1.43. The van der Waals surface area contributed by atoms with E-state index in [-0.39, 0.29) is 23.2 Å². The normalized spacial score (nSPS) is 18.0. The van der Waals surface area contributed by atoms with Crippen molar-refractivity contribution >= 4 is 29.2 Å². The first-order chi connectivity index (χ1) is 15.0. The van der Waals surface area contributed by atoms with Gasteiger partial charge >= 0.3 is 0 Å². The van der Waals surface area contributed by atoms with Gasteiger partial charge in [0.1, 0.15) is 17.1 Å². The van der Waals surface area contributed by atoms with Crippen molar-refractivity contribution in [3.63, 3.8) is 0 Å². The van der Waals surface area contributed by atoms with Gasteiger partial charge in [-0.1, -0.05) is 12.1 Å². The standard InChI is InChI=1S/C22H25N7O2/c23-18-5-6-19(26-29(18)22(24)15-3-4-15)27-7-9-28(10-8-27)21(31)12-14-1-2-16-13-20(30)25-17(16)11-14/h1-2,5-6,11,15,23-24H,3-4,7-10,12-13H2,(H,25,30). The van der Waals surface area contributed by atoms with E-state index in [2.05, 4.69) is 15.3 Å². The Morgan fingerprint density at radius 3 is 2.65 bits per heavy atom. The lowest BCUT2D eigenvalue weighted by molar-refractivity contribution is -0.130. The average Bonchev–Trinajstić information content (AvgIpc) is 3.55. The van der Waals surface area contributed by atoms with E-state index < -0.39 is 0 Å². The molecule has 3 heterocycles. The molecule has 0 bridgehead atoms. The molecule has 9 heteroatoms. The first kappa shape index (κ1) is 19.5. The Kier molecular flexibility index (Phi) is 4.80. The first-order valence-corrected chi connectivity index (χ1v) is 10.7. The molecule has 3 aliphatic rings. The predicted molar refractivity (Wildman–Crippen MR) is 115 cm³/mol. The molecule has 0 atom stereocenters. The van der Waals surface area contributed by atoms with Crippen molar-refractivity contribution < 1.29 is 9.59 Å². The monoisotopic (exact) mass is 419 g/mol. The van der Waals surface area contributed by atoms with Crippen molar-refractivity contribution in [3.8, 4) is 0 Å². The van der Waals surface area contributed by atoms with Crippen LogP contribution < -0.4 is 15.7 Å². The van der Waals surface area contributed by atoms with Gasteiger partial charge in [0.25, 0.3) is 0 Å². The van der Waals surface area contributed by atoms with E-state index in [0.29, 0.717) is 44.9 Å². The average molecular weight is 419 g/mol. The summed E-state index contributed by atoms with van der Waals surface area (Å²) in [5, 5.41) is 23.6. The second-order valence-corrected chi connectivity index (χ2v) is 8.41. The molecule has 160 valence electrons. The summed E-state index contributed by atoms with van der Waals surface area (Å²) in [6.07, 6.45) is 2.71. The van der Waals surface area contributed by atoms with Crippen LogP contribution in [0.2, 0.25) is 0 Å². The summed E-state index contributed by atoms with van der Waals surface area (Å²) in [7, 11) is 0. The third kappa shape index (κ3) is 3.95. The summed E-state index contributed by atoms with van der Waals surface area (Å²) >= 11 is 0. The number of carbonyl (C=O) groups is 2. The van der Waals surface area contributed by atoms with Gasteiger partial charge < -0.3 is 15.1 Å². The molecule has 2 aliphatic heterocycles. The molecule has 5 rings (SSSR count). The highest BCUT2D eigenvalue weighted by Gasteiger charge is 2.29. The van der Waals surface area contributed by atoms with Gasteiger partial charge in [0.15, 0.2) is 0 Å². The second-order valence-electron chi connectivity index (χ2n) is 8.41. The quantitative estimate of drug-likeness (QED) is 0.506. The van der Waals surface area contributed by atoms with Crippen LogP contribution in [0.3, 0.4) is 0 Å². The summed E-state index contributed by atoms with van der Waals surface area (Å²) in [5.41, 5.74) is 2.92. The van der Waals surface area contributed by atoms with E-state index in [9.17, 15) is 9.59 Å². The maximum absolute atomic E-state index is 12.8. The lowest BCUT2D eigenvalue weighted by Gasteiger charge is -2.35. The van der Waals surface area contributed by atoms with E-state index in [0.717, 1.165) is 35.5 Å². The van der Waals surface area contributed by atoms with Gasteiger partial charge in [-0.05, 0) is 42.2 Å². The molecule has 2 amide bonds. The molecule has 1 aliphatic carbocycles. The third-order valence-corrected chi connectivity index (χ3v) is 6.12. The van der Waals surface area contributed by atoms with Crippen molar-refractivity contribution in [1.29, 1.82) is 10.8 Å². The Bertz CT molecular complexity index is 1130. The summed E-state index contributed by atoms with van der Waals surface area (Å²) in [4.78, 5) is 28.3. The first-order valence-electron chi connectivity index (χ1n) is 10.7. The Morgan fingerprint density at radius 1 is 1.13 bits per heavy atom. The zero-order valence-electron chi connectivity index (χ0n) is 17.2. The molecular formula is C22H25N7O2. The lowest BCUT2D eigenvalue weighted by atomic mass is 10.1. The van der Waals surface area contributed by atoms with Crippen LogP contribution in [-0.2, 0) is 22.4 Å². The number of hydrogen-bond donors (Lipinski definition) is 3. The fourth-order valence-electron chi connectivity index (χ4n) is 4.14. The molecule has 31 heavy (non-hydrogen) atoms. The maximum atomic E-state index is 12.8. The van der Waals surface area contributed by atoms with E-state index in [1.165, 1.54) is 4.68 Å². The van der Waals surface area contributed by atoms with E-state index in [1.54, 1.807) is 6.07 Å². The number of anilines is 2. The van der Waals surface area contributed by atoms with Crippen molar-refractivity contribution in [2.75, 3.05) is 36.4 Å². The highest BCUT2D eigenvalue weighted by Crippen LogP contribution is 2.30. The number of nitrogens with zero attached hydrogens (tertiary/aromatic N) is 4.